The lowest BCUT2D eigenvalue weighted by molar-refractivity contribution is -0.208. The Hall–Kier alpha value is -0.160. The smallest absolute Gasteiger partial charge is 0.149 e. The molecule has 0 amide bonds. The molecule has 0 aromatic rings. The Morgan fingerprint density at radius 2 is 2.08 bits per heavy atom. The van der Waals surface area contributed by atoms with Crippen molar-refractivity contribution in [2.75, 3.05) is 6.61 Å². The number of hydrogen-bond donors (Lipinski definition) is 2. The summed E-state index contributed by atoms with van der Waals surface area (Å²) in [5.74, 6) is 0. The summed E-state index contributed by atoms with van der Waals surface area (Å²) in [7, 11) is 0. The minimum Gasteiger partial charge on any atom is -0.393 e. The molecule has 2 aliphatic heterocycles. The van der Waals surface area contributed by atoms with Gasteiger partial charge in [0.15, 0.2) is 0 Å². The summed E-state index contributed by atoms with van der Waals surface area (Å²) >= 11 is 0. The van der Waals surface area contributed by atoms with Gasteiger partial charge in [-0.05, 0) is 19.8 Å². The number of ether oxygens (including phenoxy) is 2. The van der Waals surface area contributed by atoms with Gasteiger partial charge in [-0.25, -0.2) is 0 Å². The summed E-state index contributed by atoms with van der Waals surface area (Å²) in [5.41, 5.74) is -1.19. The summed E-state index contributed by atoms with van der Waals surface area (Å²) in [5, 5.41) is 19.3. The van der Waals surface area contributed by atoms with E-state index in [1.807, 2.05) is 6.92 Å². The molecule has 3 aliphatic rings. The van der Waals surface area contributed by atoms with E-state index in [9.17, 15) is 10.2 Å². The maximum Gasteiger partial charge on any atom is 0.149 e. The fourth-order valence-corrected chi connectivity index (χ4v) is 2.82. The van der Waals surface area contributed by atoms with E-state index in [1.54, 1.807) is 0 Å². The fourth-order valence-electron chi connectivity index (χ4n) is 2.82. The van der Waals surface area contributed by atoms with Crippen molar-refractivity contribution in [3.8, 4) is 0 Å². The molecule has 1 aliphatic carbocycles. The zero-order valence-electron chi connectivity index (χ0n) is 7.56. The topological polar surface area (TPSA) is 58.9 Å². The number of rotatable bonds is 1. The van der Waals surface area contributed by atoms with Crippen molar-refractivity contribution >= 4 is 0 Å². The van der Waals surface area contributed by atoms with Crippen LogP contribution >= 0.6 is 0 Å². The molecule has 4 atom stereocenters. The van der Waals surface area contributed by atoms with Crippen LogP contribution in [0.3, 0.4) is 0 Å². The maximum atomic E-state index is 9.92. The van der Waals surface area contributed by atoms with Gasteiger partial charge >= 0.3 is 0 Å². The molecule has 1 spiro atoms. The van der Waals surface area contributed by atoms with Crippen LogP contribution in [0.2, 0.25) is 0 Å². The third kappa shape index (κ3) is 0.687. The van der Waals surface area contributed by atoms with Gasteiger partial charge in [0.2, 0.25) is 0 Å². The zero-order valence-corrected chi connectivity index (χ0v) is 7.56. The van der Waals surface area contributed by atoms with E-state index in [0.717, 1.165) is 12.8 Å². The Bertz CT molecular complexity index is 250. The first-order chi connectivity index (χ1) is 6.15. The lowest BCUT2D eigenvalue weighted by Crippen LogP contribution is -2.52. The minimum atomic E-state index is -0.822. The summed E-state index contributed by atoms with van der Waals surface area (Å²) < 4.78 is 11.4. The summed E-state index contributed by atoms with van der Waals surface area (Å²) in [6.07, 6.45) is 0.792. The molecule has 3 fully saturated rings. The van der Waals surface area contributed by atoms with Gasteiger partial charge in [-0.3, -0.25) is 0 Å². The molecule has 0 aromatic heterocycles. The Balaban J connectivity index is 2.03. The van der Waals surface area contributed by atoms with Gasteiger partial charge in [0, 0.05) is 0 Å². The Kier molecular flexibility index (Phi) is 1.31. The van der Waals surface area contributed by atoms with Gasteiger partial charge in [0.05, 0.1) is 12.7 Å². The molecule has 3 rings (SSSR count). The number of hydrogen-bond acceptors (Lipinski definition) is 4. The van der Waals surface area contributed by atoms with Gasteiger partial charge in [-0.2, -0.15) is 0 Å². The summed E-state index contributed by atoms with van der Waals surface area (Å²) in [6.45, 7) is 1.73. The van der Waals surface area contributed by atoms with E-state index in [1.165, 1.54) is 0 Å². The average molecular weight is 186 g/mol. The highest BCUT2D eigenvalue weighted by molar-refractivity contribution is 5.25. The van der Waals surface area contributed by atoms with Crippen molar-refractivity contribution in [3.63, 3.8) is 0 Å². The van der Waals surface area contributed by atoms with E-state index < -0.39 is 11.7 Å². The second kappa shape index (κ2) is 2.08. The third-order valence-corrected chi connectivity index (χ3v) is 3.72. The van der Waals surface area contributed by atoms with Crippen LogP contribution in [0, 0.1) is 0 Å². The normalized spacial score (nSPS) is 56.1. The van der Waals surface area contributed by atoms with E-state index in [0.29, 0.717) is 0 Å². The summed E-state index contributed by atoms with van der Waals surface area (Å²) in [4.78, 5) is 0. The quantitative estimate of drug-likeness (QED) is 0.575. The molecule has 4 heteroatoms. The molecule has 2 N–H and O–H groups in total. The molecule has 1 unspecified atom stereocenters. The lowest BCUT2D eigenvalue weighted by atomic mass is 9.91. The van der Waals surface area contributed by atoms with Crippen molar-refractivity contribution in [3.05, 3.63) is 0 Å². The molecular formula is C9H14O4. The lowest BCUT2D eigenvalue weighted by Gasteiger charge is -2.35. The van der Waals surface area contributed by atoms with Crippen LogP contribution in [0.25, 0.3) is 0 Å². The highest BCUT2D eigenvalue weighted by Crippen LogP contribution is 2.61. The number of fused-ring (bicyclic) bond motifs is 3. The van der Waals surface area contributed by atoms with Crippen LogP contribution in [-0.2, 0) is 9.47 Å². The Labute approximate surface area is 76.5 Å². The first-order valence-electron chi connectivity index (χ1n) is 4.80. The highest BCUT2D eigenvalue weighted by atomic mass is 16.7. The molecule has 1 saturated carbocycles. The molecule has 2 bridgehead atoms. The van der Waals surface area contributed by atoms with Gasteiger partial charge < -0.3 is 19.7 Å². The van der Waals surface area contributed by atoms with Crippen molar-refractivity contribution in [2.24, 2.45) is 0 Å². The third-order valence-electron chi connectivity index (χ3n) is 3.72. The zero-order chi connectivity index (χ0) is 9.27. The van der Waals surface area contributed by atoms with Crippen molar-refractivity contribution in [2.45, 2.75) is 49.3 Å². The van der Waals surface area contributed by atoms with E-state index in [2.05, 4.69) is 0 Å². The fraction of sp³-hybridized carbons (Fsp3) is 1.00. The maximum absolute atomic E-state index is 9.92. The molecule has 0 aromatic carbocycles. The standard InChI is InChI=1S/C9H14O4/c1-5-6-7(11)9(4-10,12-5)8(13-6)2-3-8/h5-7,10-11H,2-4H2,1H3/t5-,6?,7+,9+/m0/s1. The molecule has 74 valence electrons. The molecule has 4 nitrogen and oxygen atoms in total. The van der Waals surface area contributed by atoms with E-state index >= 15 is 0 Å². The predicted molar refractivity (Wildman–Crippen MR) is 43.2 cm³/mol. The number of aliphatic hydroxyl groups excluding tert-OH is 2. The predicted octanol–water partition coefficient (Wildman–Crippen LogP) is -0.572. The van der Waals surface area contributed by atoms with Gasteiger partial charge in [-0.15, -0.1) is 0 Å². The highest BCUT2D eigenvalue weighted by Gasteiger charge is 2.77. The van der Waals surface area contributed by atoms with Crippen LogP contribution in [0.1, 0.15) is 19.8 Å². The first kappa shape index (κ1) is 8.17. The Morgan fingerprint density at radius 1 is 1.38 bits per heavy atom. The van der Waals surface area contributed by atoms with Crippen LogP contribution in [0.15, 0.2) is 0 Å². The van der Waals surface area contributed by atoms with Crippen LogP contribution < -0.4 is 0 Å². The van der Waals surface area contributed by atoms with Gasteiger partial charge in [0.1, 0.15) is 23.4 Å². The Morgan fingerprint density at radius 3 is 2.54 bits per heavy atom. The second-order valence-corrected chi connectivity index (χ2v) is 4.39. The average Bonchev–Trinajstić information content (AvgIpc) is 2.80. The van der Waals surface area contributed by atoms with Crippen molar-refractivity contribution in [1.29, 1.82) is 0 Å². The number of aliphatic hydroxyl groups is 2. The van der Waals surface area contributed by atoms with Crippen LogP contribution in [0.5, 0.6) is 0 Å². The summed E-state index contributed by atoms with van der Waals surface area (Å²) in [6, 6.07) is 0. The van der Waals surface area contributed by atoms with Crippen LogP contribution in [0.4, 0.5) is 0 Å². The molecule has 2 heterocycles. The monoisotopic (exact) mass is 186 g/mol. The van der Waals surface area contributed by atoms with Gasteiger partial charge in [0.25, 0.3) is 0 Å². The molecule has 2 saturated heterocycles. The first-order valence-corrected chi connectivity index (χ1v) is 4.80. The second-order valence-electron chi connectivity index (χ2n) is 4.39. The van der Waals surface area contributed by atoms with Crippen LogP contribution in [-0.4, -0.2) is 46.3 Å². The van der Waals surface area contributed by atoms with Crippen molar-refractivity contribution < 1.29 is 19.7 Å². The minimum absolute atomic E-state index is 0.103. The molecule has 13 heavy (non-hydrogen) atoms. The van der Waals surface area contributed by atoms with Crippen molar-refractivity contribution in [1.82, 2.24) is 0 Å². The molecular weight excluding hydrogens is 172 g/mol. The molecule has 0 radical (unpaired) electrons. The van der Waals surface area contributed by atoms with E-state index in [4.69, 9.17) is 9.47 Å². The SMILES string of the molecule is C[C@@H]1O[C@]2(CO)[C@H](O)C1OC21CC1. The van der Waals surface area contributed by atoms with Gasteiger partial charge in [-0.1, -0.05) is 0 Å². The largest absolute Gasteiger partial charge is 0.393 e. The van der Waals surface area contributed by atoms with E-state index in [-0.39, 0.29) is 24.4 Å².